The zero-order valence-electron chi connectivity index (χ0n) is 12.1. The van der Waals surface area contributed by atoms with E-state index < -0.39 is 27.4 Å². The molecule has 0 heterocycles. The fourth-order valence-corrected chi connectivity index (χ4v) is 2.91. The number of ether oxygens (including phenoxy) is 1. The van der Waals surface area contributed by atoms with E-state index in [1.165, 1.54) is 12.1 Å². The molecule has 0 saturated carbocycles. The van der Waals surface area contributed by atoms with Crippen LogP contribution in [0.4, 0.5) is 10.1 Å². The molecule has 8 heteroatoms. The molecule has 0 aliphatic rings. The second-order valence-corrected chi connectivity index (χ2v) is 6.17. The summed E-state index contributed by atoms with van der Waals surface area (Å²) in [5.41, 5.74) is -0.563. The van der Waals surface area contributed by atoms with Gasteiger partial charge in [0.1, 0.15) is 11.6 Å². The number of carboxylic acids is 1. The van der Waals surface area contributed by atoms with Gasteiger partial charge in [0.05, 0.1) is 17.5 Å². The molecule has 0 aliphatic carbocycles. The highest BCUT2D eigenvalue weighted by molar-refractivity contribution is 7.92. The minimum absolute atomic E-state index is 0.257. The predicted octanol–water partition coefficient (Wildman–Crippen LogP) is 1.39. The third kappa shape index (κ3) is 3.98. The summed E-state index contributed by atoms with van der Waals surface area (Å²) in [6.07, 6.45) is 0. The van der Waals surface area contributed by atoms with Crippen molar-refractivity contribution in [3.63, 3.8) is 0 Å². The monoisotopic (exact) mass is 338 g/mol. The van der Waals surface area contributed by atoms with Crippen LogP contribution in [0.5, 0.6) is 5.75 Å². The van der Waals surface area contributed by atoms with Crippen LogP contribution in [0.2, 0.25) is 0 Å². The second kappa shape index (κ2) is 6.66. The summed E-state index contributed by atoms with van der Waals surface area (Å²) >= 11 is 0. The van der Waals surface area contributed by atoms with E-state index in [1.807, 2.05) is 6.92 Å². The predicted molar refractivity (Wildman–Crippen MR) is 79.2 cm³/mol. The zero-order chi connectivity index (χ0) is 17.0. The SMILES string of the molecule is CCOc1ccc(NS(=O)(=O)c2ccc(F)c(C(=O)[O-])c2)cc1. The molecular weight excluding hydrogens is 325 g/mol. The normalized spacial score (nSPS) is 11.0. The minimum Gasteiger partial charge on any atom is -0.545 e. The summed E-state index contributed by atoms with van der Waals surface area (Å²) in [7, 11) is -4.06. The number of anilines is 1. The Labute approximate surface area is 132 Å². The maximum atomic E-state index is 13.3. The van der Waals surface area contributed by atoms with Gasteiger partial charge in [0.2, 0.25) is 0 Å². The lowest BCUT2D eigenvalue weighted by molar-refractivity contribution is -0.255. The molecule has 2 aromatic rings. The van der Waals surface area contributed by atoms with E-state index in [-0.39, 0.29) is 10.6 Å². The molecule has 0 radical (unpaired) electrons. The van der Waals surface area contributed by atoms with E-state index in [1.54, 1.807) is 12.1 Å². The van der Waals surface area contributed by atoms with Crippen molar-refractivity contribution in [1.29, 1.82) is 0 Å². The first kappa shape index (κ1) is 16.8. The Bertz CT molecular complexity index is 818. The number of carbonyl (C=O) groups excluding carboxylic acids is 1. The Kier molecular flexibility index (Phi) is 4.85. The Hall–Kier alpha value is -2.61. The van der Waals surface area contributed by atoms with Gasteiger partial charge in [-0.3, -0.25) is 4.72 Å². The number of sulfonamides is 1. The van der Waals surface area contributed by atoms with E-state index in [4.69, 9.17) is 4.74 Å². The molecule has 0 spiro atoms. The molecule has 0 unspecified atom stereocenters. The Morgan fingerprint density at radius 2 is 1.87 bits per heavy atom. The van der Waals surface area contributed by atoms with Crippen molar-refractivity contribution in [2.75, 3.05) is 11.3 Å². The van der Waals surface area contributed by atoms with Gasteiger partial charge >= 0.3 is 0 Å². The number of benzene rings is 2. The molecule has 6 nitrogen and oxygen atoms in total. The van der Waals surface area contributed by atoms with Crippen molar-refractivity contribution in [1.82, 2.24) is 0 Å². The van der Waals surface area contributed by atoms with Crippen molar-refractivity contribution in [2.45, 2.75) is 11.8 Å². The van der Waals surface area contributed by atoms with E-state index >= 15 is 0 Å². The standard InChI is InChI=1S/C15H14FNO5S/c1-2-22-11-5-3-10(4-6-11)17-23(20,21)12-7-8-14(16)13(9-12)15(18)19/h3-9,17H,2H2,1H3,(H,18,19)/p-1. The Morgan fingerprint density at radius 1 is 1.22 bits per heavy atom. The minimum atomic E-state index is -4.06. The van der Waals surface area contributed by atoms with Gasteiger partial charge < -0.3 is 14.6 Å². The van der Waals surface area contributed by atoms with Crippen LogP contribution in [-0.4, -0.2) is 21.0 Å². The third-order valence-electron chi connectivity index (χ3n) is 2.89. The van der Waals surface area contributed by atoms with Gasteiger partial charge in [-0.2, -0.15) is 0 Å². The topological polar surface area (TPSA) is 95.5 Å². The summed E-state index contributed by atoms with van der Waals surface area (Å²) in [5, 5.41) is 10.8. The van der Waals surface area contributed by atoms with Crippen LogP contribution < -0.4 is 14.6 Å². The van der Waals surface area contributed by atoms with Crippen molar-refractivity contribution in [3.05, 3.63) is 53.8 Å². The van der Waals surface area contributed by atoms with Crippen molar-refractivity contribution in [2.24, 2.45) is 0 Å². The first-order valence-corrected chi connectivity index (χ1v) is 8.08. The van der Waals surface area contributed by atoms with Gasteiger partial charge in [0.25, 0.3) is 10.0 Å². The fourth-order valence-electron chi connectivity index (χ4n) is 1.83. The van der Waals surface area contributed by atoms with Crippen molar-refractivity contribution in [3.8, 4) is 5.75 Å². The van der Waals surface area contributed by atoms with Gasteiger partial charge in [-0.1, -0.05) is 0 Å². The van der Waals surface area contributed by atoms with Gasteiger partial charge in [-0.05, 0) is 49.4 Å². The summed E-state index contributed by atoms with van der Waals surface area (Å²) in [4.78, 5) is 10.4. The first-order chi connectivity index (χ1) is 10.8. The molecular formula is C15H13FNO5S-. The van der Waals surface area contributed by atoms with Crippen LogP contribution >= 0.6 is 0 Å². The number of aromatic carboxylic acids is 1. The first-order valence-electron chi connectivity index (χ1n) is 6.60. The molecule has 122 valence electrons. The second-order valence-electron chi connectivity index (χ2n) is 4.49. The Balaban J connectivity index is 2.28. The molecule has 23 heavy (non-hydrogen) atoms. The molecule has 0 aliphatic heterocycles. The average molecular weight is 338 g/mol. The lowest BCUT2D eigenvalue weighted by atomic mass is 10.2. The molecule has 0 atom stereocenters. The largest absolute Gasteiger partial charge is 0.545 e. The van der Waals surface area contributed by atoms with E-state index in [9.17, 15) is 22.7 Å². The number of carboxylic acid groups (broad SMARTS) is 1. The van der Waals surface area contributed by atoms with E-state index in [2.05, 4.69) is 4.72 Å². The lowest BCUT2D eigenvalue weighted by Gasteiger charge is -2.11. The van der Waals surface area contributed by atoms with E-state index in [0.717, 1.165) is 12.1 Å². The van der Waals surface area contributed by atoms with Crippen molar-refractivity contribution >= 4 is 21.7 Å². The molecule has 0 bridgehead atoms. The third-order valence-corrected chi connectivity index (χ3v) is 4.26. The number of rotatable bonds is 6. The van der Waals surface area contributed by atoms with Crippen LogP contribution in [0.3, 0.4) is 0 Å². The molecule has 2 rings (SSSR count). The summed E-state index contributed by atoms with van der Waals surface area (Å²) in [6, 6.07) is 8.59. The van der Waals surface area contributed by atoms with Crippen LogP contribution in [0.25, 0.3) is 0 Å². The highest BCUT2D eigenvalue weighted by Gasteiger charge is 2.17. The summed E-state index contributed by atoms with van der Waals surface area (Å²) < 4.78 is 45.3. The van der Waals surface area contributed by atoms with Gasteiger partial charge in [0.15, 0.2) is 0 Å². The van der Waals surface area contributed by atoms with Crippen LogP contribution in [0.1, 0.15) is 17.3 Å². The summed E-state index contributed by atoms with van der Waals surface area (Å²) in [6.45, 7) is 2.30. The number of hydrogen-bond donors (Lipinski definition) is 1. The molecule has 0 aromatic heterocycles. The number of nitrogens with one attached hydrogen (secondary N) is 1. The number of carbonyl (C=O) groups is 1. The number of halogens is 1. The molecule has 2 aromatic carbocycles. The fraction of sp³-hybridized carbons (Fsp3) is 0.133. The average Bonchev–Trinajstić information content (AvgIpc) is 2.49. The van der Waals surface area contributed by atoms with Gasteiger partial charge in [-0.25, -0.2) is 12.8 Å². The van der Waals surface area contributed by atoms with E-state index in [0.29, 0.717) is 18.4 Å². The van der Waals surface area contributed by atoms with Gasteiger partial charge in [-0.15, -0.1) is 0 Å². The van der Waals surface area contributed by atoms with Crippen LogP contribution in [0, 0.1) is 5.82 Å². The maximum Gasteiger partial charge on any atom is 0.261 e. The smallest absolute Gasteiger partial charge is 0.261 e. The molecule has 1 N–H and O–H groups in total. The lowest BCUT2D eigenvalue weighted by Crippen LogP contribution is -2.24. The van der Waals surface area contributed by atoms with Crippen molar-refractivity contribution < 1.29 is 27.4 Å². The maximum absolute atomic E-state index is 13.3. The molecule has 0 saturated heterocycles. The van der Waals surface area contributed by atoms with Crippen LogP contribution in [-0.2, 0) is 10.0 Å². The van der Waals surface area contributed by atoms with Crippen LogP contribution in [0.15, 0.2) is 47.4 Å². The number of hydrogen-bond acceptors (Lipinski definition) is 5. The highest BCUT2D eigenvalue weighted by atomic mass is 32.2. The quantitative estimate of drug-likeness (QED) is 0.859. The summed E-state index contributed by atoms with van der Waals surface area (Å²) in [5.74, 6) is -2.28. The van der Waals surface area contributed by atoms with Gasteiger partial charge in [0, 0.05) is 11.3 Å². The highest BCUT2D eigenvalue weighted by Crippen LogP contribution is 2.21. The molecule has 0 fully saturated rings. The Morgan fingerprint density at radius 3 is 2.43 bits per heavy atom. The molecule has 0 amide bonds. The zero-order valence-corrected chi connectivity index (χ0v) is 12.9.